The maximum atomic E-state index is 13.3. The van der Waals surface area contributed by atoms with E-state index in [1.165, 1.54) is 5.01 Å². The molecule has 0 unspecified atom stereocenters. The molecular weight excluding hydrogens is 322 g/mol. The molecule has 6 heteroatoms. The number of rotatable bonds is 3. The monoisotopic (exact) mass is 349 g/mol. The number of hydrogen-bond acceptors (Lipinski definition) is 5. The van der Waals surface area contributed by atoms with Crippen LogP contribution in [0.2, 0.25) is 0 Å². The van der Waals surface area contributed by atoms with E-state index >= 15 is 0 Å². The van der Waals surface area contributed by atoms with E-state index in [0.29, 0.717) is 11.9 Å². The van der Waals surface area contributed by atoms with Gasteiger partial charge in [-0.2, -0.15) is 0 Å². The lowest BCUT2D eigenvalue weighted by molar-refractivity contribution is -0.150. The summed E-state index contributed by atoms with van der Waals surface area (Å²) in [6.07, 6.45) is 5.22. The lowest BCUT2D eigenvalue weighted by Gasteiger charge is -2.44. The van der Waals surface area contributed by atoms with E-state index < -0.39 is 0 Å². The largest absolute Gasteiger partial charge is 0.381 e. The van der Waals surface area contributed by atoms with Crippen molar-refractivity contribution >= 4 is 17.2 Å². The fraction of sp³-hybridized carbons (Fsp3) is 0.778. The second-order valence-corrected chi connectivity index (χ2v) is 8.51. The van der Waals surface area contributed by atoms with E-state index in [4.69, 9.17) is 4.74 Å². The number of hydrogen-bond donors (Lipinski definition) is 0. The van der Waals surface area contributed by atoms with Crippen LogP contribution in [0.1, 0.15) is 42.8 Å². The minimum Gasteiger partial charge on any atom is -0.381 e. The lowest BCUT2D eigenvalue weighted by Crippen LogP contribution is -2.54. The molecule has 1 spiro atoms. The Balaban J connectivity index is 1.43. The highest BCUT2D eigenvalue weighted by atomic mass is 32.1. The summed E-state index contributed by atoms with van der Waals surface area (Å²) in [6, 6.07) is 0.402. The van der Waals surface area contributed by atoms with Crippen molar-refractivity contribution in [3.63, 3.8) is 0 Å². The van der Waals surface area contributed by atoms with Crippen molar-refractivity contribution in [3.05, 3.63) is 16.1 Å². The Hall–Kier alpha value is -0.980. The van der Waals surface area contributed by atoms with Gasteiger partial charge in [-0.25, -0.2) is 4.98 Å². The third-order valence-corrected chi connectivity index (χ3v) is 6.81. The quantitative estimate of drug-likeness (QED) is 0.841. The first-order chi connectivity index (χ1) is 11.7. The lowest BCUT2D eigenvalue weighted by atomic mass is 9.77. The average Bonchev–Trinajstić information content (AvgIpc) is 3.19. The van der Waals surface area contributed by atoms with Gasteiger partial charge in [0.25, 0.3) is 0 Å². The molecule has 3 aliphatic heterocycles. The van der Waals surface area contributed by atoms with Crippen molar-refractivity contribution in [2.75, 3.05) is 32.8 Å². The molecule has 1 aromatic rings. The fourth-order valence-corrected chi connectivity index (χ4v) is 5.40. The van der Waals surface area contributed by atoms with Crippen LogP contribution in [-0.4, -0.2) is 59.6 Å². The molecule has 24 heavy (non-hydrogen) atoms. The van der Waals surface area contributed by atoms with Crippen LogP contribution in [0, 0.1) is 12.3 Å². The Morgan fingerprint density at radius 3 is 2.92 bits per heavy atom. The van der Waals surface area contributed by atoms with Gasteiger partial charge in [0.1, 0.15) is 5.01 Å². The number of amides is 1. The van der Waals surface area contributed by atoms with E-state index in [9.17, 15) is 4.79 Å². The average molecular weight is 350 g/mol. The zero-order valence-electron chi connectivity index (χ0n) is 14.5. The predicted molar refractivity (Wildman–Crippen MR) is 94.0 cm³/mol. The van der Waals surface area contributed by atoms with Gasteiger partial charge in [-0.1, -0.05) is 0 Å². The van der Waals surface area contributed by atoms with Crippen molar-refractivity contribution in [1.29, 1.82) is 0 Å². The topological polar surface area (TPSA) is 45.7 Å². The SMILES string of the molecule is Cc1csc(CN2CC[C@]3(CCCN(C4CCOCC4)C3=O)C2)n1. The number of piperidine rings is 1. The minimum absolute atomic E-state index is 0.136. The van der Waals surface area contributed by atoms with Crippen LogP contribution in [0.5, 0.6) is 0 Å². The number of aromatic nitrogens is 1. The Labute approximate surface area is 148 Å². The number of likely N-dealkylation sites (tertiary alicyclic amines) is 2. The molecule has 1 aromatic heterocycles. The van der Waals surface area contributed by atoms with Crippen LogP contribution < -0.4 is 0 Å². The fourth-order valence-electron chi connectivity index (χ4n) is 4.58. The third-order valence-electron chi connectivity index (χ3n) is 5.86. The van der Waals surface area contributed by atoms with Crippen molar-refractivity contribution in [3.8, 4) is 0 Å². The Bertz CT molecular complexity index is 599. The molecule has 3 fully saturated rings. The van der Waals surface area contributed by atoms with Crippen LogP contribution in [0.25, 0.3) is 0 Å². The van der Waals surface area contributed by atoms with Gasteiger partial charge in [0.2, 0.25) is 5.91 Å². The number of thiazole rings is 1. The highest BCUT2D eigenvalue weighted by molar-refractivity contribution is 7.09. The smallest absolute Gasteiger partial charge is 0.230 e. The molecule has 0 aromatic carbocycles. The first-order valence-corrected chi connectivity index (χ1v) is 10.1. The van der Waals surface area contributed by atoms with Gasteiger partial charge in [-0.15, -0.1) is 11.3 Å². The molecule has 1 atom stereocenters. The molecule has 3 aliphatic rings. The Kier molecular flexibility index (Phi) is 4.62. The highest BCUT2D eigenvalue weighted by Gasteiger charge is 2.49. The molecule has 0 saturated carbocycles. The first-order valence-electron chi connectivity index (χ1n) is 9.18. The van der Waals surface area contributed by atoms with Crippen LogP contribution >= 0.6 is 11.3 Å². The molecule has 0 N–H and O–H groups in total. The van der Waals surface area contributed by atoms with Crippen molar-refractivity contribution < 1.29 is 9.53 Å². The summed E-state index contributed by atoms with van der Waals surface area (Å²) in [5, 5.41) is 3.29. The summed E-state index contributed by atoms with van der Waals surface area (Å²) in [5.74, 6) is 0.415. The minimum atomic E-state index is -0.136. The maximum absolute atomic E-state index is 13.3. The maximum Gasteiger partial charge on any atom is 0.230 e. The number of carbonyl (C=O) groups excluding carboxylic acids is 1. The van der Waals surface area contributed by atoms with Gasteiger partial charge in [0, 0.05) is 43.4 Å². The molecular formula is C18H27N3O2S. The predicted octanol–water partition coefficient (Wildman–Crippen LogP) is 2.45. The zero-order valence-corrected chi connectivity index (χ0v) is 15.3. The van der Waals surface area contributed by atoms with E-state index in [-0.39, 0.29) is 5.41 Å². The van der Waals surface area contributed by atoms with E-state index in [1.807, 2.05) is 6.92 Å². The van der Waals surface area contributed by atoms with Crippen molar-refractivity contribution in [2.24, 2.45) is 5.41 Å². The number of nitrogens with zero attached hydrogens (tertiary/aromatic N) is 3. The van der Waals surface area contributed by atoms with Gasteiger partial charge in [0.15, 0.2) is 0 Å². The second kappa shape index (κ2) is 6.73. The summed E-state index contributed by atoms with van der Waals surface area (Å²) in [5.41, 5.74) is 0.964. The highest BCUT2D eigenvalue weighted by Crippen LogP contribution is 2.41. The summed E-state index contributed by atoms with van der Waals surface area (Å²) < 4.78 is 5.48. The third kappa shape index (κ3) is 3.11. The van der Waals surface area contributed by atoms with Gasteiger partial charge >= 0.3 is 0 Å². The summed E-state index contributed by atoms with van der Waals surface area (Å²) in [7, 11) is 0. The molecule has 0 aliphatic carbocycles. The molecule has 0 bridgehead atoms. The van der Waals surface area contributed by atoms with Gasteiger partial charge in [0.05, 0.1) is 12.0 Å². The van der Waals surface area contributed by atoms with Crippen LogP contribution in [0.15, 0.2) is 5.38 Å². The molecule has 132 valence electrons. The zero-order chi connectivity index (χ0) is 16.6. The van der Waals surface area contributed by atoms with E-state index in [2.05, 4.69) is 20.2 Å². The number of carbonyl (C=O) groups is 1. The van der Waals surface area contributed by atoms with E-state index in [0.717, 1.165) is 77.2 Å². The van der Waals surface area contributed by atoms with Gasteiger partial charge < -0.3 is 9.64 Å². The molecule has 3 saturated heterocycles. The van der Waals surface area contributed by atoms with Crippen LogP contribution in [-0.2, 0) is 16.1 Å². The Morgan fingerprint density at radius 2 is 2.17 bits per heavy atom. The van der Waals surface area contributed by atoms with Crippen LogP contribution in [0.3, 0.4) is 0 Å². The molecule has 4 heterocycles. The van der Waals surface area contributed by atoms with Gasteiger partial charge in [-0.05, 0) is 45.6 Å². The molecule has 5 nitrogen and oxygen atoms in total. The standard InChI is InChI=1S/C18H27N3O2S/c1-14-12-24-16(19-14)11-20-8-6-18(13-20)5-2-7-21(17(18)22)15-3-9-23-10-4-15/h12,15H,2-11,13H2,1H3/t18-/m1/s1. The van der Waals surface area contributed by atoms with Crippen molar-refractivity contribution in [2.45, 2.75) is 51.6 Å². The summed E-state index contributed by atoms with van der Waals surface area (Å²) in [4.78, 5) is 22.5. The number of aryl methyl sites for hydroxylation is 1. The van der Waals surface area contributed by atoms with E-state index in [1.54, 1.807) is 11.3 Å². The second-order valence-electron chi connectivity index (χ2n) is 7.57. The van der Waals surface area contributed by atoms with Crippen LogP contribution in [0.4, 0.5) is 0 Å². The molecule has 1 amide bonds. The summed E-state index contributed by atoms with van der Waals surface area (Å²) >= 11 is 1.73. The van der Waals surface area contributed by atoms with Gasteiger partial charge in [-0.3, -0.25) is 9.69 Å². The first kappa shape index (κ1) is 16.5. The molecule has 0 radical (unpaired) electrons. The number of ether oxygens (including phenoxy) is 1. The normalized spacial score (nSPS) is 29.7. The van der Waals surface area contributed by atoms with Crippen molar-refractivity contribution in [1.82, 2.24) is 14.8 Å². The summed E-state index contributed by atoms with van der Waals surface area (Å²) in [6.45, 7) is 7.41. The molecule has 4 rings (SSSR count). The Morgan fingerprint density at radius 1 is 1.33 bits per heavy atom.